The Hall–Kier alpha value is -3.82. The van der Waals surface area contributed by atoms with Crippen molar-refractivity contribution < 1.29 is 22.7 Å². The van der Waals surface area contributed by atoms with Gasteiger partial charge in [-0.2, -0.15) is 18.2 Å². The quantitative estimate of drug-likeness (QED) is 0.502. The number of rotatable bonds is 2. The number of phenolic OH excluding ortho intramolecular Hbond substituents is 1. The van der Waals surface area contributed by atoms with Gasteiger partial charge in [-0.25, -0.2) is 4.98 Å². The molecule has 0 spiro atoms. The summed E-state index contributed by atoms with van der Waals surface area (Å²) >= 11 is 0. The Labute approximate surface area is 179 Å². The lowest BCUT2D eigenvalue weighted by Gasteiger charge is -2.13. The minimum Gasteiger partial charge on any atom is -0.507 e. The molecule has 1 aliphatic heterocycles. The molecule has 10 heteroatoms. The molecule has 0 saturated carbocycles. The van der Waals surface area contributed by atoms with Crippen molar-refractivity contribution in [1.82, 2.24) is 14.5 Å². The van der Waals surface area contributed by atoms with Gasteiger partial charge in [-0.05, 0) is 47.9 Å². The summed E-state index contributed by atoms with van der Waals surface area (Å²) in [7, 11) is 1.69. The summed E-state index contributed by atoms with van der Waals surface area (Å²) in [5, 5.41) is 10.3. The number of anilines is 1. The Kier molecular flexibility index (Phi) is 4.30. The van der Waals surface area contributed by atoms with Crippen molar-refractivity contribution in [2.75, 3.05) is 4.90 Å². The molecule has 5 rings (SSSR count). The maximum absolute atomic E-state index is 13.0. The summed E-state index contributed by atoms with van der Waals surface area (Å²) in [4.78, 5) is 22.6. The highest BCUT2D eigenvalue weighted by Gasteiger charge is 2.32. The first-order valence-electron chi connectivity index (χ1n) is 9.72. The van der Waals surface area contributed by atoms with Crippen LogP contribution in [0.15, 0.2) is 45.7 Å². The lowest BCUT2D eigenvalue weighted by molar-refractivity contribution is -0.137. The summed E-state index contributed by atoms with van der Waals surface area (Å²) in [5.41, 5.74) is 2.26. The number of oxazole rings is 1. The lowest BCUT2D eigenvalue weighted by atomic mass is 10.0. The summed E-state index contributed by atoms with van der Waals surface area (Å²) in [6.45, 7) is 2.46. The Morgan fingerprint density at radius 3 is 2.56 bits per heavy atom. The van der Waals surface area contributed by atoms with E-state index >= 15 is 0 Å². The molecular formula is C22H17F3N4O3. The summed E-state index contributed by atoms with van der Waals surface area (Å²) in [6.07, 6.45) is -2.77. The third-order valence-electron chi connectivity index (χ3n) is 5.54. The monoisotopic (exact) mass is 442 g/mol. The first-order chi connectivity index (χ1) is 15.1. The number of aromatic nitrogens is 3. The van der Waals surface area contributed by atoms with E-state index < -0.39 is 17.5 Å². The summed E-state index contributed by atoms with van der Waals surface area (Å²) < 4.78 is 46.4. The fraction of sp³-hybridized carbons (Fsp3) is 0.227. The second kappa shape index (κ2) is 6.84. The van der Waals surface area contributed by atoms with Gasteiger partial charge in [0, 0.05) is 38.0 Å². The fourth-order valence-electron chi connectivity index (χ4n) is 3.96. The van der Waals surface area contributed by atoms with Gasteiger partial charge in [-0.1, -0.05) is 0 Å². The number of hydrogen-bond donors (Lipinski definition) is 1. The van der Waals surface area contributed by atoms with Crippen LogP contribution < -0.4 is 10.5 Å². The van der Waals surface area contributed by atoms with E-state index in [1.54, 1.807) is 31.4 Å². The molecule has 164 valence electrons. The second-order valence-electron chi connectivity index (χ2n) is 7.83. The molecule has 1 N–H and O–H groups in total. The lowest BCUT2D eigenvalue weighted by Crippen LogP contribution is -2.15. The number of phenols is 1. The molecular weight excluding hydrogens is 425 g/mol. The van der Waals surface area contributed by atoms with Gasteiger partial charge in [0.1, 0.15) is 5.75 Å². The predicted octanol–water partition coefficient (Wildman–Crippen LogP) is 4.14. The third-order valence-corrected chi connectivity index (χ3v) is 5.54. The van der Waals surface area contributed by atoms with E-state index in [9.17, 15) is 23.1 Å². The first kappa shape index (κ1) is 20.1. The normalized spacial score (nSPS) is 13.7. The molecule has 0 atom stereocenters. The van der Waals surface area contributed by atoms with E-state index in [-0.39, 0.29) is 28.0 Å². The van der Waals surface area contributed by atoms with Crippen LogP contribution in [0.5, 0.6) is 5.75 Å². The van der Waals surface area contributed by atoms with Crippen molar-refractivity contribution in [3.63, 3.8) is 0 Å². The Morgan fingerprint density at radius 1 is 1.09 bits per heavy atom. The number of halogens is 3. The largest absolute Gasteiger partial charge is 0.507 e. The molecule has 0 amide bonds. The first-order valence-corrected chi connectivity index (χ1v) is 9.72. The van der Waals surface area contributed by atoms with Gasteiger partial charge in [-0.3, -0.25) is 4.79 Å². The van der Waals surface area contributed by atoms with E-state index in [0.29, 0.717) is 30.8 Å². The van der Waals surface area contributed by atoms with E-state index in [1.807, 2.05) is 4.90 Å². The highest BCUT2D eigenvalue weighted by atomic mass is 19.4. The number of aryl methyl sites for hydroxylation is 2. The van der Waals surface area contributed by atoms with Gasteiger partial charge < -0.3 is 19.0 Å². The number of nitrogens with zero attached hydrogens (tertiary/aromatic N) is 4. The van der Waals surface area contributed by atoms with Crippen molar-refractivity contribution >= 4 is 17.2 Å². The SMILES string of the molecule is Cc1cc(C(F)(F)F)cc(O)c1-c1ccc2oc(N3Cc4cc(=O)n(C)cc4C3)nc2n1. The number of aromatic hydroxyl groups is 1. The zero-order valence-electron chi connectivity index (χ0n) is 17.1. The second-order valence-corrected chi connectivity index (χ2v) is 7.83. The molecule has 7 nitrogen and oxygen atoms in total. The average Bonchev–Trinajstić information content (AvgIpc) is 3.30. The van der Waals surface area contributed by atoms with Crippen molar-refractivity contribution in [2.45, 2.75) is 26.2 Å². The van der Waals surface area contributed by atoms with E-state index in [0.717, 1.165) is 17.2 Å². The Bertz CT molecular complexity index is 1420. The molecule has 32 heavy (non-hydrogen) atoms. The molecule has 0 bridgehead atoms. The van der Waals surface area contributed by atoms with Crippen LogP contribution in [0.2, 0.25) is 0 Å². The highest BCUT2D eigenvalue weighted by Crippen LogP contribution is 2.39. The number of pyridine rings is 2. The number of hydrogen-bond acceptors (Lipinski definition) is 6. The molecule has 1 aromatic carbocycles. The minimum absolute atomic E-state index is 0.0961. The number of alkyl halides is 3. The van der Waals surface area contributed by atoms with Crippen LogP contribution >= 0.6 is 0 Å². The number of benzene rings is 1. The van der Waals surface area contributed by atoms with Crippen LogP contribution in [-0.2, 0) is 26.3 Å². The van der Waals surface area contributed by atoms with Crippen molar-refractivity contribution in [3.8, 4) is 17.0 Å². The van der Waals surface area contributed by atoms with Gasteiger partial charge >= 0.3 is 12.2 Å². The minimum atomic E-state index is -4.56. The number of fused-ring (bicyclic) bond motifs is 2. The smallest absolute Gasteiger partial charge is 0.416 e. The summed E-state index contributed by atoms with van der Waals surface area (Å²) in [6, 6.07) is 6.75. The van der Waals surface area contributed by atoms with Gasteiger partial charge in [0.05, 0.1) is 11.3 Å². The van der Waals surface area contributed by atoms with Gasteiger partial charge in [0.25, 0.3) is 5.56 Å². The van der Waals surface area contributed by atoms with E-state index in [4.69, 9.17) is 4.42 Å². The van der Waals surface area contributed by atoms with Gasteiger partial charge in [0.15, 0.2) is 5.58 Å². The molecule has 4 aromatic rings. The third kappa shape index (κ3) is 3.28. The fourth-order valence-corrected chi connectivity index (χ4v) is 3.96. The highest BCUT2D eigenvalue weighted by molar-refractivity contribution is 5.78. The molecule has 3 aromatic heterocycles. The zero-order valence-corrected chi connectivity index (χ0v) is 17.1. The van der Waals surface area contributed by atoms with Gasteiger partial charge in [-0.15, -0.1) is 0 Å². The van der Waals surface area contributed by atoms with Crippen LogP contribution in [0.3, 0.4) is 0 Å². The van der Waals surface area contributed by atoms with E-state index in [2.05, 4.69) is 9.97 Å². The molecule has 0 radical (unpaired) electrons. The molecule has 0 aliphatic carbocycles. The molecule has 0 saturated heterocycles. The summed E-state index contributed by atoms with van der Waals surface area (Å²) in [5.74, 6) is -0.510. The molecule has 1 aliphatic rings. The van der Waals surface area contributed by atoms with Crippen molar-refractivity contribution in [1.29, 1.82) is 0 Å². The maximum atomic E-state index is 13.0. The van der Waals surface area contributed by atoms with E-state index in [1.165, 1.54) is 11.5 Å². The zero-order chi connectivity index (χ0) is 22.8. The average molecular weight is 442 g/mol. The standard InChI is InChI=1S/C22H17F3N4O3/c1-11-5-14(22(23,24)25)7-16(30)19(11)15-3-4-17-20(26-15)27-21(32-17)29-9-12-6-18(31)28(2)8-13(12)10-29/h3-8,30H,9-10H2,1-2H3. The van der Waals surface area contributed by atoms with Crippen LogP contribution in [-0.4, -0.2) is 19.6 Å². The van der Waals surface area contributed by atoms with Gasteiger partial charge in [0.2, 0.25) is 5.65 Å². The molecule has 4 heterocycles. The maximum Gasteiger partial charge on any atom is 0.416 e. The van der Waals surface area contributed by atoms with Crippen molar-refractivity contribution in [3.05, 3.63) is 69.1 Å². The Morgan fingerprint density at radius 2 is 1.84 bits per heavy atom. The van der Waals surface area contributed by atoms with Crippen LogP contribution in [0, 0.1) is 6.92 Å². The topological polar surface area (TPSA) is 84.4 Å². The molecule has 0 unspecified atom stereocenters. The predicted molar refractivity (Wildman–Crippen MR) is 110 cm³/mol. The van der Waals surface area contributed by atoms with Crippen LogP contribution in [0.4, 0.5) is 19.2 Å². The Balaban J connectivity index is 1.50. The van der Waals surface area contributed by atoms with Crippen molar-refractivity contribution in [2.24, 2.45) is 7.05 Å². The van der Waals surface area contributed by atoms with Crippen LogP contribution in [0.1, 0.15) is 22.3 Å². The molecule has 0 fully saturated rings. The van der Waals surface area contributed by atoms with Crippen LogP contribution in [0.25, 0.3) is 22.5 Å².